The Labute approximate surface area is 254 Å². The molecule has 2 unspecified atom stereocenters. The summed E-state index contributed by atoms with van der Waals surface area (Å²) in [5, 5.41) is 22.9. The first kappa shape index (κ1) is 31.5. The fourth-order valence-corrected chi connectivity index (χ4v) is 5.44. The third-order valence-electron chi connectivity index (χ3n) is 7.94. The number of phenolic OH excluding ortho intramolecular Hbond substituents is 2. The van der Waals surface area contributed by atoms with Crippen LogP contribution in [0, 0.1) is 0 Å². The minimum Gasteiger partial charge on any atom is -0.508 e. The Morgan fingerprint density at radius 2 is 1.60 bits per heavy atom. The van der Waals surface area contributed by atoms with Crippen molar-refractivity contribution in [2.75, 3.05) is 26.2 Å². The second-order valence-electron chi connectivity index (χ2n) is 12.0. The minimum absolute atomic E-state index is 0.0929. The molecule has 0 bridgehead atoms. The molecule has 1 aliphatic rings. The van der Waals surface area contributed by atoms with E-state index in [1.165, 1.54) is 0 Å². The van der Waals surface area contributed by atoms with Gasteiger partial charge in [0.05, 0.1) is 12.6 Å². The fraction of sp³-hybridized carbons (Fsp3) is 0.371. The first-order valence-corrected chi connectivity index (χ1v) is 14.8. The highest BCUT2D eigenvalue weighted by Gasteiger charge is 2.37. The second-order valence-corrected chi connectivity index (χ2v) is 12.0. The smallest absolute Gasteiger partial charge is 0.325 e. The van der Waals surface area contributed by atoms with E-state index in [0.717, 1.165) is 16.7 Å². The molecular formula is C35H43N3O5. The minimum atomic E-state index is -0.561. The normalized spacial score (nSPS) is 15.2. The number of benzene rings is 3. The van der Waals surface area contributed by atoms with Crippen LogP contribution in [0.2, 0.25) is 0 Å². The summed E-state index contributed by atoms with van der Waals surface area (Å²) in [4.78, 5) is 30.2. The third kappa shape index (κ3) is 7.31. The standard InChI is InChI=1S/C35H43N3O5/c1-7-43-31-22-27(35(4,5)6)12-17-30(31)24(3)38(34(42)37-20-18-32(41)36-19-21-37)33(26-10-15-29(40)16-11-26)23(2)25-8-13-28(39)14-9-25/h8-17,22-23,33,39-40H,3,7,18-21H2,1-2,4-6H3,(H,36,41). The van der Waals surface area contributed by atoms with E-state index in [0.29, 0.717) is 36.7 Å². The van der Waals surface area contributed by atoms with Crippen LogP contribution in [0.4, 0.5) is 4.79 Å². The van der Waals surface area contributed by atoms with Crippen LogP contribution in [-0.2, 0) is 10.2 Å². The van der Waals surface area contributed by atoms with Crippen molar-refractivity contribution in [2.24, 2.45) is 0 Å². The monoisotopic (exact) mass is 585 g/mol. The van der Waals surface area contributed by atoms with Gasteiger partial charge in [0.25, 0.3) is 0 Å². The van der Waals surface area contributed by atoms with E-state index in [4.69, 9.17) is 4.74 Å². The van der Waals surface area contributed by atoms with Gasteiger partial charge in [0.1, 0.15) is 17.2 Å². The molecule has 0 spiro atoms. The van der Waals surface area contributed by atoms with Crippen molar-refractivity contribution in [2.45, 2.75) is 58.4 Å². The number of phenols is 2. The number of hydrogen-bond acceptors (Lipinski definition) is 5. The van der Waals surface area contributed by atoms with Gasteiger partial charge in [0.15, 0.2) is 0 Å². The summed E-state index contributed by atoms with van der Waals surface area (Å²) in [6.07, 6.45) is 0.202. The Morgan fingerprint density at radius 1 is 1.00 bits per heavy atom. The molecule has 228 valence electrons. The van der Waals surface area contributed by atoms with Crippen molar-refractivity contribution in [3.05, 3.63) is 95.6 Å². The van der Waals surface area contributed by atoms with E-state index in [1.807, 2.05) is 56.3 Å². The molecule has 0 radical (unpaired) electrons. The molecule has 1 aliphatic heterocycles. The fourth-order valence-electron chi connectivity index (χ4n) is 5.44. The molecule has 8 heteroatoms. The number of carbonyl (C=O) groups excluding carboxylic acids is 2. The van der Waals surface area contributed by atoms with Crippen molar-refractivity contribution in [1.29, 1.82) is 0 Å². The van der Waals surface area contributed by atoms with Gasteiger partial charge in [-0.3, -0.25) is 9.69 Å². The lowest BCUT2D eigenvalue weighted by Gasteiger charge is -2.40. The van der Waals surface area contributed by atoms with Crippen LogP contribution in [0.1, 0.15) is 75.3 Å². The van der Waals surface area contributed by atoms with Gasteiger partial charge in [-0.25, -0.2) is 4.79 Å². The Bertz CT molecular complexity index is 1440. The first-order chi connectivity index (χ1) is 20.4. The maximum Gasteiger partial charge on any atom is 0.325 e. The van der Waals surface area contributed by atoms with E-state index in [1.54, 1.807) is 34.1 Å². The average Bonchev–Trinajstić information content (AvgIpc) is 3.20. The van der Waals surface area contributed by atoms with E-state index in [-0.39, 0.29) is 47.7 Å². The molecule has 3 amide bonds. The van der Waals surface area contributed by atoms with Crippen LogP contribution in [0.15, 0.2) is 73.3 Å². The van der Waals surface area contributed by atoms with Crippen molar-refractivity contribution in [1.82, 2.24) is 15.1 Å². The number of ether oxygens (including phenoxy) is 1. The molecule has 3 N–H and O–H groups in total. The molecule has 43 heavy (non-hydrogen) atoms. The number of carbonyl (C=O) groups is 2. The van der Waals surface area contributed by atoms with Gasteiger partial charge in [-0.2, -0.15) is 0 Å². The Hall–Kier alpha value is -4.46. The van der Waals surface area contributed by atoms with Gasteiger partial charge in [0, 0.05) is 43.2 Å². The Kier molecular flexibility index (Phi) is 9.69. The van der Waals surface area contributed by atoms with Gasteiger partial charge in [-0.1, -0.05) is 64.6 Å². The van der Waals surface area contributed by atoms with E-state index >= 15 is 0 Å². The summed E-state index contributed by atoms with van der Waals surface area (Å²) in [6.45, 7) is 16.3. The number of nitrogens with one attached hydrogen (secondary N) is 1. The van der Waals surface area contributed by atoms with Crippen LogP contribution in [0.3, 0.4) is 0 Å². The highest BCUT2D eigenvalue weighted by Crippen LogP contribution is 2.43. The molecule has 0 saturated carbocycles. The van der Waals surface area contributed by atoms with Crippen LogP contribution < -0.4 is 10.1 Å². The van der Waals surface area contributed by atoms with Gasteiger partial charge >= 0.3 is 6.03 Å². The highest BCUT2D eigenvalue weighted by atomic mass is 16.5. The number of urea groups is 1. The lowest BCUT2D eigenvalue weighted by molar-refractivity contribution is -0.120. The number of rotatable bonds is 8. The van der Waals surface area contributed by atoms with Crippen LogP contribution in [-0.4, -0.2) is 58.2 Å². The highest BCUT2D eigenvalue weighted by molar-refractivity contribution is 5.88. The number of hydrogen-bond donors (Lipinski definition) is 3. The summed E-state index contributed by atoms with van der Waals surface area (Å²) >= 11 is 0. The molecule has 4 rings (SSSR count). The summed E-state index contributed by atoms with van der Waals surface area (Å²) in [6, 6.07) is 18.9. The molecule has 8 nitrogen and oxygen atoms in total. The topological polar surface area (TPSA) is 102 Å². The predicted molar refractivity (Wildman–Crippen MR) is 169 cm³/mol. The molecule has 3 aromatic carbocycles. The summed E-state index contributed by atoms with van der Waals surface area (Å²) < 4.78 is 6.13. The van der Waals surface area contributed by atoms with Crippen molar-refractivity contribution in [3.8, 4) is 17.2 Å². The molecule has 3 aromatic rings. The molecule has 1 saturated heterocycles. The number of amides is 3. The second kappa shape index (κ2) is 13.2. The predicted octanol–water partition coefficient (Wildman–Crippen LogP) is 6.55. The zero-order valence-corrected chi connectivity index (χ0v) is 25.8. The largest absolute Gasteiger partial charge is 0.508 e. The molecule has 0 aliphatic carbocycles. The molecular weight excluding hydrogens is 542 g/mol. The lowest BCUT2D eigenvalue weighted by atomic mass is 9.85. The SMILES string of the molecule is C=C(c1ccc(C(C)(C)C)cc1OCC)N(C(=O)N1CCNC(=O)CC1)C(c1ccc(O)cc1)C(C)c1ccc(O)cc1. The molecule has 1 heterocycles. The van der Waals surface area contributed by atoms with Gasteiger partial charge in [-0.05, 0) is 65.4 Å². The van der Waals surface area contributed by atoms with Gasteiger partial charge in [0.2, 0.25) is 5.91 Å². The van der Waals surface area contributed by atoms with Gasteiger partial charge in [-0.15, -0.1) is 0 Å². The number of aromatic hydroxyl groups is 2. The Morgan fingerprint density at radius 3 is 2.19 bits per heavy atom. The van der Waals surface area contributed by atoms with Crippen LogP contribution >= 0.6 is 0 Å². The zero-order valence-electron chi connectivity index (χ0n) is 25.8. The molecule has 1 fully saturated rings. The van der Waals surface area contributed by atoms with Gasteiger partial charge < -0.3 is 25.2 Å². The lowest BCUT2D eigenvalue weighted by Crippen LogP contribution is -2.46. The molecule has 2 atom stereocenters. The van der Waals surface area contributed by atoms with Crippen LogP contribution in [0.25, 0.3) is 5.70 Å². The first-order valence-electron chi connectivity index (χ1n) is 14.8. The van der Waals surface area contributed by atoms with E-state index < -0.39 is 6.04 Å². The summed E-state index contributed by atoms with van der Waals surface area (Å²) in [5.41, 5.74) is 3.82. The summed E-state index contributed by atoms with van der Waals surface area (Å²) in [7, 11) is 0. The summed E-state index contributed by atoms with van der Waals surface area (Å²) in [5.74, 6) is 0.542. The zero-order chi connectivity index (χ0) is 31.3. The Balaban J connectivity index is 1.91. The maximum absolute atomic E-state index is 14.7. The van der Waals surface area contributed by atoms with Crippen LogP contribution in [0.5, 0.6) is 17.2 Å². The van der Waals surface area contributed by atoms with Crippen molar-refractivity contribution in [3.63, 3.8) is 0 Å². The quantitative estimate of drug-likeness (QED) is 0.278. The average molecular weight is 586 g/mol. The van der Waals surface area contributed by atoms with Crippen molar-refractivity contribution >= 4 is 17.6 Å². The maximum atomic E-state index is 14.7. The molecule has 0 aromatic heterocycles. The third-order valence-corrected chi connectivity index (χ3v) is 7.94. The van der Waals surface area contributed by atoms with E-state index in [9.17, 15) is 19.8 Å². The van der Waals surface area contributed by atoms with Crippen molar-refractivity contribution < 1.29 is 24.5 Å². The number of nitrogens with zero attached hydrogens (tertiary/aromatic N) is 2. The van der Waals surface area contributed by atoms with E-state index in [2.05, 4.69) is 32.7 Å².